The van der Waals surface area contributed by atoms with E-state index in [0.29, 0.717) is 34.7 Å². The Labute approximate surface area is 220 Å². The van der Waals surface area contributed by atoms with Crippen molar-refractivity contribution < 1.29 is 35.9 Å². The number of nitrogens with zero attached hydrogens (tertiary/aromatic N) is 2. The number of para-hydroxylation sites is 1. The van der Waals surface area contributed by atoms with Crippen LogP contribution in [-0.4, -0.2) is 29.7 Å². The van der Waals surface area contributed by atoms with Crippen molar-refractivity contribution >= 4 is 23.2 Å². The van der Waals surface area contributed by atoms with Crippen molar-refractivity contribution in [2.75, 3.05) is 4.90 Å². The van der Waals surface area contributed by atoms with E-state index in [0.717, 1.165) is 0 Å². The Morgan fingerprint density at radius 2 is 1.56 bits per heavy atom. The molecular weight excluding hydrogens is 524 g/mol. The summed E-state index contributed by atoms with van der Waals surface area (Å²) in [5.41, 5.74) is -1.54. The van der Waals surface area contributed by atoms with Gasteiger partial charge in [0.1, 0.15) is 0 Å². The number of hydrogen-bond acceptors (Lipinski definition) is 3. The number of fused-ring (bicyclic) bond motifs is 1. The van der Waals surface area contributed by atoms with Gasteiger partial charge in [0, 0.05) is 17.2 Å². The Morgan fingerprint density at radius 3 is 2.18 bits per heavy atom. The van der Waals surface area contributed by atoms with Crippen molar-refractivity contribution in [1.82, 2.24) is 5.32 Å². The minimum atomic E-state index is -5.14. The first kappa shape index (κ1) is 27.9. The second-order valence-electron chi connectivity index (χ2n) is 9.18. The number of amides is 2. The van der Waals surface area contributed by atoms with E-state index in [4.69, 9.17) is 0 Å². The van der Waals surface area contributed by atoms with Gasteiger partial charge in [0.25, 0.3) is 5.91 Å². The second kappa shape index (κ2) is 10.5. The molecule has 4 rings (SSSR count). The van der Waals surface area contributed by atoms with Gasteiger partial charge in [0.05, 0.1) is 28.9 Å². The molecule has 0 fully saturated rings. The molecule has 2 amide bonds. The third-order valence-electron chi connectivity index (χ3n) is 6.10. The first-order valence-corrected chi connectivity index (χ1v) is 11.9. The molecule has 1 unspecified atom stereocenters. The van der Waals surface area contributed by atoms with Crippen LogP contribution in [0.15, 0.2) is 77.8 Å². The minimum absolute atomic E-state index is 0.0256. The number of benzene rings is 3. The highest BCUT2D eigenvalue weighted by Crippen LogP contribution is 2.37. The van der Waals surface area contributed by atoms with Crippen LogP contribution in [0.4, 0.5) is 32.0 Å². The van der Waals surface area contributed by atoms with Crippen LogP contribution in [0.5, 0.6) is 0 Å². The first-order chi connectivity index (χ1) is 18.3. The second-order valence-corrected chi connectivity index (χ2v) is 9.18. The van der Waals surface area contributed by atoms with Gasteiger partial charge in [-0.25, -0.2) is 4.99 Å². The minimum Gasteiger partial charge on any atom is -0.326 e. The SMILES string of the molecule is CC(C)N1C(=O)C(NC(=O)Cc2ccc(C(F)(F)F)cc2C(F)(F)F)N=C(c2ccccc2)c2ccccc21. The van der Waals surface area contributed by atoms with Gasteiger partial charge in [-0.2, -0.15) is 26.3 Å². The monoisotopic (exact) mass is 547 g/mol. The Morgan fingerprint density at radius 1 is 0.923 bits per heavy atom. The van der Waals surface area contributed by atoms with E-state index in [1.807, 2.05) is 0 Å². The van der Waals surface area contributed by atoms with Gasteiger partial charge in [-0.3, -0.25) is 9.59 Å². The topological polar surface area (TPSA) is 61.8 Å². The molecule has 0 aromatic heterocycles. The van der Waals surface area contributed by atoms with Gasteiger partial charge in [-0.1, -0.05) is 54.6 Å². The first-order valence-electron chi connectivity index (χ1n) is 11.9. The fourth-order valence-corrected chi connectivity index (χ4v) is 4.39. The molecule has 204 valence electrons. The van der Waals surface area contributed by atoms with E-state index < -0.39 is 53.4 Å². The van der Waals surface area contributed by atoms with Gasteiger partial charge >= 0.3 is 12.4 Å². The highest BCUT2D eigenvalue weighted by Gasteiger charge is 2.39. The van der Waals surface area contributed by atoms with Crippen molar-refractivity contribution in [2.45, 2.75) is 44.8 Å². The number of nitrogens with one attached hydrogen (secondary N) is 1. The summed E-state index contributed by atoms with van der Waals surface area (Å²) >= 11 is 0. The Hall–Kier alpha value is -4.15. The number of alkyl halides is 6. The molecule has 0 aliphatic carbocycles. The molecule has 1 aliphatic rings. The average molecular weight is 547 g/mol. The van der Waals surface area contributed by atoms with E-state index >= 15 is 0 Å². The van der Waals surface area contributed by atoms with Gasteiger partial charge < -0.3 is 10.2 Å². The molecule has 0 radical (unpaired) electrons. The molecule has 1 aliphatic heterocycles. The van der Waals surface area contributed by atoms with Crippen LogP contribution in [0.25, 0.3) is 0 Å². The molecule has 1 N–H and O–H groups in total. The number of halogens is 6. The normalized spacial score (nSPS) is 16.0. The molecule has 0 saturated heterocycles. The molecule has 39 heavy (non-hydrogen) atoms. The lowest BCUT2D eigenvalue weighted by atomic mass is 10.00. The van der Waals surface area contributed by atoms with E-state index in [2.05, 4.69) is 10.3 Å². The highest BCUT2D eigenvalue weighted by atomic mass is 19.4. The standard InChI is InChI=1S/C28H23F6N3O2/c1-16(2)37-22-11-7-6-10-20(22)24(17-8-4-3-5-9-17)36-25(26(37)39)35-23(38)14-18-12-13-19(27(29,30)31)15-21(18)28(32,33)34/h3-13,15-16,25H,14H2,1-2H3,(H,35,38). The van der Waals surface area contributed by atoms with Crippen LogP contribution in [0.1, 0.15) is 41.7 Å². The molecule has 0 saturated carbocycles. The lowest BCUT2D eigenvalue weighted by molar-refractivity contribution is -0.143. The fraction of sp³-hybridized carbons (Fsp3) is 0.250. The van der Waals surface area contributed by atoms with Crippen molar-refractivity contribution in [3.63, 3.8) is 0 Å². The van der Waals surface area contributed by atoms with E-state index in [9.17, 15) is 35.9 Å². The molecule has 1 atom stereocenters. The molecule has 11 heteroatoms. The molecule has 5 nitrogen and oxygen atoms in total. The predicted molar refractivity (Wildman–Crippen MR) is 133 cm³/mol. The van der Waals surface area contributed by atoms with Gasteiger partial charge in [0.15, 0.2) is 0 Å². The Kier molecular flexibility index (Phi) is 7.54. The van der Waals surface area contributed by atoms with Gasteiger partial charge in [0.2, 0.25) is 12.1 Å². The fourth-order valence-electron chi connectivity index (χ4n) is 4.39. The van der Waals surface area contributed by atoms with Crippen LogP contribution in [0.3, 0.4) is 0 Å². The quantitative estimate of drug-likeness (QED) is 0.399. The zero-order valence-corrected chi connectivity index (χ0v) is 20.8. The van der Waals surface area contributed by atoms with E-state index in [-0.39, 0.29) is 12.1 Å². The summed E-state index contributed by atoms with van der Waals surface area (Å²) < 4.78 is 79.9. The maximum atomic E-state index is 13.6. The van der Waals surface area contributed by atoms with Crippen LogP contribution in [0, 0.1) is 0 Å². The third-order valence-corrected chi connectivity index (χ3v) is 6.10. The number of carbonyl (C=O) groups excluding carboxylic acids is 2. The van der Waals surface area contributed by atoms with Crippen molar-refractivity contribution in [3.05, 3.63) is 101 Å². The highest BCUT2D eigenvalue weighted by molar-refractivity contribution is 6.20. The molecular formula is C28H23F6N3O2. The number of anilines is 1. The lowest BCUT2D eigenvalue weighted by Gasteiger charge is -2.29. The summed E-state index contributed by atoms with van der Waals surface area (Å²) in [6.45, 7) is 3.53. The van der Waals surface area contributed by atoms with Crippen LogP contribution in [-0.2, 0) is 28.4 Å². The van der Waals surface area contributed by atoms with Crippen molar-refractivity contribution in [1.29, 1.82) is 0 Å². The molecule has 3 aromatic rings. The molecule has 1 heterocycles. The molecule has 3 aromatic carbocycles. The van der Waals surface area contributed by atoms with Crippen molar-refractivity contribution in [2.24, 2.45) is 4.99 Å². The summed E-state index contributed by atoms with van der Waals surface area (Å²) in [7, 11) is 0. The summed E-state index contributed by atoms with van der Waals surface area (Å²) in [5.74, 6) is -1.62. The number of benzodiazepines with no additional fused rings is 1. The van der Waals surface area contributed by atoms with Crippen molar-refractivity contribution in [3.8, 4) is 0 Å². The van der Waals surface area contributed by atoms with Crippen LogP contribution < -0.4 is 10.2 Å². The number of aliphatic imine (C=N–C) groups is 1. The number of hydrogen-bond donors (Lipinski definition) is 1. The molecule has 0 spiro atoms. The summed E-state index contributed by atoms with van der Waals surface area (Å²) in [6.07, 6.45) is -12.5. The zero-order valence-electron chi connectivity index (χ0n) is 20.8. The smallest absolute Gasteiger partial charge is 0.326 e. The van der Waals surface area contributed by atoms with Crippen LogP contribution in [0.2, 0.25) is 0 Å². The van der Waals surface area contributed by atoms with E-state index in [1.54, 1.807) is 68.4 Å². The molecule has 0 bridgehead atoms. The summed E-state index contributed by atoms with van der Waals surface area (Å²) in [6, 6.07) is 16.6. The van der Waals surface area contributed by atoms with Gasteiger partial charge in [-0.15, -0.1) is 0 Å². The Bertz CT molecular complexity index is 1410. The average Bonchev–Trinajstić information content (AvgIpc) is 2.98. The third kappa shape index (κ3) is 5.97. The predicted octanol–water partition coefficient (Wildman–Crippen LogP) is 6.00. The summed E-state index contributed by atoms with van der Waals surface area (Å²) in [5, 5.41) is 2.39. The zero-order chi connectivity index (χ0) is 28.5. The lowest BCUT2D eigenvalue weighted by Crippen LogP contribution is -2.50. The maximum Gasteiger partial charge on any atom is 0.416 e. The number of carbonyl (C=O) groups is 2. The van der Waals surface area contributed by atoms with Gasteiger partial charge in [-0.05, 0) is 37.6 Å². The van der Waals surface area contributed by atoms with E-state index in [1.165, 1.54) is 4.90 Å². The largest absolute Gasteiger partial charge is 0.416 e. The number of rotatable bonds is 5. The summed E-state index contributed by atoms with van der Waals surface area (Å²) in [4.78, 5) is 32.5. The maximum absolute atomic E-state index is 13.6. The van der Waals surface area contributed by atoms with Crippen LogP contribution >= 0.6 is 0 Å². The Balaban J connectivity index is 1.72.